The lowest BCUT2D eigenvalue weighted by atomic mass is 10.1. The van der Waals surface area contributed by atoms with Gasteiger partial charge < -0.3 is 9.84 Å². The largest absolute Gasteiger partial charge is 0.506 e. The van der Waals surface area contributed by atoms with Gasteiger partial charge in [-0.25, -0.2) is 0 Å². The van der Waals surface area contributed by atoms with E-state index in [1.807, 2.05) is 11.9 Å². The van der Waals surface area contributed by atoms with Crippen molar-refractivity contribution in [2.45, 2.75) is 25.5 Å². The molecule has 0 spiro atoms. The van der Waals surface area contributed by atoms with Crippen LogP contribution in [0.4, 0.5) is 0 Å². The van der Waals surface area contributed by atoms with Crippen molar-refractivity contribution >= 4 is 34.8 Å². The maximum Gasteiger partial charge on any atom is 0.140 e. The first-order chi connectivity index (χ1) is 8.99. The molecular formula is C13H16Cl3NO2. The Morgan fingerprint density at radius 2 is 2.11 bits per heavy atom. The van der Waals surface area contributed by atoms with Crippen LogP contribution in [0.25, 0.3) is 0 Å². The molecule has 0 bridgehead atoms. The van der Waals surface area contributed by atoms with Gasteiger partial charge in [0.15, 0.2) is 0 Å². The highest BCUT2D eigenvalue weighted by Crippen LogP contribution is 2.38. The van der Waals surface area contributed by atoms with Crippen molar-refractivity contribution in [1.82, 2.24) is 4.90 Å². The summed E-state index contributed by atoms with van der Waals surface area (Å²) >= 11 is 18.0. The van der Waals surface area contributed by atoms with Crippen molar-refractivity contribution in [3.8, 4) is 5.75 Å². The van der Waals surface area contributed by atoms with E-state index in [1.165, 1.54) is 6.07 Å². The fourth-order valence-electron chi connectivity index (χ4n) is 2.25. The van der Waals surface area contributed by atoms with E-state index in [0.29, 0.717) is 22.2 Å². The van der Waals surface area contributed by atoms with Crippen molar-refractivity contribution in [1.29, 1.82) is 0 Å². The van der Waals surface area contributed by atoms with Crippen molar-refractivity contribution in [2.75, 3.05) is 20.2 Å². The molecule has 1 saturated heterocycles. The van der Waals surface area contributed by atoms with Gasteiger partial charge in [-0.05, 0) is 26.0 Å². The number of nitrogens with zero attached hydrogens (tertiary/aromatic N) is 1. The minimum Gasteiger partial charge on any atom is -0.506 e. The molecule has 0 aromatic heterocycles. The van der Waals surface area contributed by atoms with E-state index in [4.69, 9.17) is 39.5 Å². The number of phenols is 1. The van der Waals surface area contributed by atoms with E-state index in [-0.39, 0.29) is 16.9 Å². The van der Waals surface area contributed by atoms with Crippen molar-refractivity contribution < 1.29 is 9.84 Å². The number of hydrogen-bond donors (Lipinski definition) is 1. The molecule has 0 radical (unpaired) electrons. The second-order valence-electron chi connectivity index (χ2n) is 4.81. The Morgan fingerprint density at radius 3 is 2.74 bits per heavy atom. The topological polar surface area (TPSA) is 32.7 Å². The number of ether oxygens (including phenoxy) is 1. The molecule has 1 aromatic carbocycles. The van der Waals surface area contributed by atoms with Crippen LogP contribution in [-0.4, -0.2) is 36.3 Å². The Kier molecular flexibility index (Phi) is 5.21. The van der Waals surface area contributed by atoms with Crippen LogP contribution in [0.1, 0.15) is 18.4 Å². The van der Waals surface area contributed by atoms with E-state index in [2.05, 4.69) is 0 Å². The fraction of sp³-hybridized carbons (Fsp3) is 0.538. The van der Waals surface area contributed by atoms with E-state index >= 15 is 0 Å². The number of halogens is 3. The Hall–Kier alpha value is -0.190. The molecule has 1 aliphatic heterocycles. The Balaban J connectivity index is 2.09. The van der Waals surface area contributed by atoms with Gasteiger partial charge in [0.2, 0.25) is 0 Å². The summed E-state index contributed by atoms with van der Waals surface area (Å²) in [4.78, 5) is 2.05. The molecule has 1 aliphatic rings. The van der Waals surface area contributed by atoms with Crippen LogP contribution in [-0.2, 0) is 11.3 Å². The summed E-state index contributed by atoms with van der Waals surface area (Å²) < 4.78 is 5.58. The Morgan fingerprint density at radius 1 is 1.37 bits per heavy atom. The molecule has 1 heterocycles. The second-order valence-corrected chi connectivity index (χ2v) is 6.01. The van der Waals surface area contributed by atoms with E-state index in [9.17, 15) is 5.11 Å². The first-order valence-corrected chi connectivity index (χ1v) is 7.28. The predicted molar refractivity (Wildman–Crippen MR) is 78.4 cm³/mol. The summed E-state index contributed by atoms with van der Waals surface area (Å²) in [5, 5.41) is 10.9. The van der Waals surface area contributed by atoms with Crippen LogP contribution in [0.3, 0.4) is 0 Å². The minimum atomic E-state index is -0.00439. The maximum absolute atomic E-state index is 9.98. The average molecular weight is 325 g/mol. The summed E-state index contributed by atoms with van der Waals surface area (Å²) in [6.07, 6.45) is 2.42. The molecule has 0 amide bonds. The molecule has 0 aliphatic carbocycles. The van der Waals surface area contributed by atoms with Crippen LogP contribution in [0.2, 0.25) is 15.1 Å². The molecule has 6 heteroatoms. The van der Waals surface area contributed by atoms with Crippen molar-refractivity contribution in [3.05, 3.63) is 26.7 Å². The first-order valence-electron chi connectivity index (χ1n) is 6.14. The summed E-state index contributed by atoms with van der Waals surface area (Å²) in [5.74, 6) is -0.00439. The second kappa shape index (κ2) is 6.51. The lowest BCUT2D eigenvalue weighted by Crippen LogP contribution is -2.28. The van der Waals surface area contributed by atoms with Gasteiger partial charge in [0.25, 0.3) is 0 Å². The number of hydrogen-bond acceptors (Lipinski definition) is 3. The van der Waals surface area contributed by atoms with Crippen molar-refractivity contribution in [2.24, 2.45) is 0 Å². The highest BCUT2D eigenvalue weighted by molar-refractivity contribution is 6.44. The molecular weight excluding hydrogens is 309 g/mol. The van der Waals surface area contributed by atoms with Gasteiger partial charge in [-0.2, -0.15) is 0 Å². The normalized spacial score (nSPS) is 19.3. The monoisotopic (exact) mass is 323 g/mol. The third kappa shape index (κ3) is 3.67. The molecule has 3 nitrogen and oxygen atoms in total. The summed E-state index contributed by atoms with van der Waals surface area (Å²) in [5.41, 5.74) is 0.555. The summed E-state index contributed by atoms with van der Waals surface area (Å²) in [6, 6.07) is 1.45. The molecule has 1 atom stereocenters. The zero-order chi connectivity index (χ0) is 14.0. The van der Waals surface area contributed by atoms with Gasteiger partial charge in [-0.3, -0.25) is 4.90 Å². The number of benzene rings is 1. The average Bonchev–Trinajstić information content (AvgIpc) is 2.85. The molecule has 0 saturated carbocycles. The fourth-order valence-corrected chi connectivity index (χ4v) is 2.96. The maximum atomic E-state index is 9.98. The molecule has 1 aromatic rings. The number of likely N-dealkylation sites (N-methyl/N-ethyl adjacent to an activating group) is 1. The van der Waals surface area contributed by atoms with Crippen molar-refractivity contribution in [3.63, 3.8) is 0 Å². The molecule has 0 unspecified atom stereocenters. The van der Waals surface area contributed by atoms with Gasteiger partial charge in [0, 0.05) is 25.3 Å². The van der Waals surface area contributed by atoms with E-state index in [1.54, 1.807) is 0 Å². The Bertz CT molecular complexity index is 435. The lowest BCUT2D eigenvalue weighted by molar-refractivity contribution is 0.0791. The smallest absolute Gasteiger partial charge is 0.140 e. The zero-order valence-electron chi connectivity index (χ0n) is 10.6. The first kappa shape index (κ1) is 15.2. The van der Waals surface area contributed by atoms with E-state index < -0.39 is 0 Å². The third-order valence-corrected chi connectivity index (χ3v) is 4.32. The number of aromatic hydroxyl groups is 1. The van der Waals surface area contributed by atoms with Crippen LogP contribution in [0.5, 0.6) is 5.75 Å². The van der Waals surface area contributed by atoms with Gasteiger partial charge in [0.05, 0.1) is 21.2 Å². The highest BCUT2D eigenvalue weighted by Gasteiger charge is 2.20. The van der Waals surface area contributed by atoms with Crippen LogP contribution in [0.15, 0.2) is 6.07 Å². The predicted octanol–water partition coefficient (Wildman–Crippen LogP) is 3.96. The van der Waals surface area contributed by atoms with Gasteiger partial charge in [-0.1, -0.05) is 34.8 Å². The summed E-state index contributed by atoms with van der Waals surface area (Å²) in [6.45, 7) is 2.10. The molecule has 2 rings (SSSR count). The molecule has 106 valence electrons. The van der Waals surface area contributed by atoms with E-state index in [0.717, 1.165) is 26.0 Å². The van der Waals surface area contributed by atoms with Gasteiger partial charge in [0.1, 0.15) is 5.75 Å². The number of rotatable bonds is 4. The zero-order valence-corrected chi connectivity index (χ0v) is 12.9. The molecule has 19 heavy (non-hydrogen) atoms. The van der Waals surface area contributed by atoms with Crippen LogP contribution < -0.4 is 0 Å². The summed E-state index contributed by atoms with van der Waals surface area (Å²) in [7, 11) is 1.95. The van der Waals surface area contributed by atoms with Gasteiger partial charge >= 0.3 is 0 Å². The molecule has 1 fully saturated rings. The van der Waals surface area contributed by atoms with Crippen LogP contribution >= 0.6 is 34.8 Å². The SMILES string of the molecule is CN(Cc1c(O)c(Cl)cc(Cl)c1Cl)C[C@H]1CCCO1. The minimum absolute atomic E-state index is 0.00439. The quantitative estimate of drug-likeness (QED) is 0.851. The lowest BCUT2D eigenvalue weighted by Gasteiger charge is -2.22. The van der Waals surface area contributed by atoms with Crippen LogP contribution in [0, 0.1) is 0 Å². The highest BCUT2D eigenvalue weighted by atomic mass is 35.5. The Labute approximate surface area is 128 Å². The number of phenolic OH excluding ortho intramolecular Hbond substituents is 1. The standard InChI is InChI=1S/C13H16Cl3NO2/c1-17(6-8-3-2-4-19-8)7-9-12(16)10(14)5-11(15)13(9)18/h5,8,18H,2-4,6-7H2,1H3/t8-/m1/s1. The molecule has 1 N–H and O–H groups in total. The van der Waals surface area contributed by atoms with Gasteiger partial charge in [-0.15, -0.1) is 0 Å². The third-order valence-electron chi connectivity index (χ3n) is 3.21.